The zero-order chi connectivity index (χ0) is 10.3. The molecule has 0 heterocycles. The monoisotopic (exact) mass is 188 g/mol. The summed E-state index contributed by atoms with van der Waals surface area (Å²) in [6.45, 7) is 10.1. The molecule has 0 aromatic heterocycles. The fourth-order valence-corrected chi connectivity index (χ4v) is 1.51. The highest BCUT2D eigenvalue weighted by molar-refractivity contribution is 4.85. The Morgan fingerprint density at radius 3 is 2.31 bits per heavy atom. The molecule has 2 N–H and O–H groups in total. The van der Waals surface area contributed by atoms with Crippen LogP contribution in [0.4, 0.5) is 0 Å². The molecule has 0 aliphatic carbocycles. The van der Waals surface area contributed by atoms with Gasteiger partial charge in [0, 0.05) is 25.7 Å². The normalized spacial score (nSPS) is 16.2. The summed E-state index contributed by atoms with van der Waals surface area (Å²) in [7, 11) is 1.74. The van der Waals surface area contributed by atoms with Gasteiger partial charge in [-0.05, 0) is 19.9 Å². The van der Waals surface area contributed by atoms with Gasteiger partial charge in [0.1, 0.15) is 0 Å². The summed E-state index contributed by atoms with van der Waals surface area (Å²) < 4.78 is 5.08. The first-order valence-electron chi connectivity index (χ1n) is 5.08. The SMILES string of the molecule is CCN(CCOC)C(C)(CC)CN. The van der Waals surface area contributed by atoms with Gasteiger partial charge in [0.2, 0.25) is 0 Å². The molecule has 0 aliphatic rings. The number of ether oxygens (including phenoxy) is 1. The third-order valence-electron chi connectivity index (χ3n) is 2.91. The number of likely N-dealkylation sites (N-methyl/N-ethyl adjacent to an activating group) is 1. The molecule has 13 heavy (non-hydrogen) atoms. The molecule has 0 aliphatic heterocycles. The molecule has 0 aromatic rings. The lowest BCUT2D eigenvalue weighted by atomic mass is 9.96. The summed E-state index contributed by atoms with van der Waals surface area (Å²) in [4.78, 5) is 2.39. The molecule has 0 aromatic carbocycles. The van der Waals surface area contributed by atoms with E-state index in [1.165, 1.54) is 0 Å². The molecule has 0 saturated carbocycles. The van der Waals surface area contributed by atoms with E-state index in [2.05, 4.69) is 25.7 Å². The number of hydrogen-bond acceptors (Lipinski definition) is 3. The molecule has 1 unspecified atom stereocenters. The molecule has 0 bridgehead atoms. The van der Waals surface area contributed by atoms with E-state index in [1.807, 2.05) is 0 Å². The zero-order valence-electron chi connectivity index (χ0n) is 9.47. The highest BCUT2D eigenvalue weighted by atomic mass is 16.5. The van der Waals surface area contributed by atoms with E-state index >= 15 is 0 Å². The van der Waals surface area contributed by atoms with E-state index in [-0.39, 0.29) is 5.54 Å². The standard InChI is InChI=1S/C10H24N2O/c1-5-10(3,9-11)12(6-2)7-8-13-4/h5-9,11H2,1-4H3. The van der Waals surface area contributed by atoms with Crippen molar-refractivity contribution < 1.29 is 4.74 Å². The van der Waals surface area contributed by atoms with Crippen LogP contribution in [-0.2, 0) is 4.74 Å². The molecule has 0 amide bonds. The van der Waals surface area contributed by atoms with Crippen LogP contribution >= 0.6 is 0 Å². The lowest BCUT2D eigenvalue weighted by Gasteiger charge is -2.39. The van der Waals surface area contributed by atoms with Gasteiger partial charge < -0.3 is 10.5 Å². The van der Waals surface area contributed by atoms with E-state index in [0.717, 1.165) is 26.1 Å². The van der Waals surface area contributed by atoms with E-state index in [1.54, 1.807) is 7.11 Å². The van der Waals surface area contributed by atoms with Gasteiger partial charge in [-0.2, -0.15) is 0 Å². The van der Waals surface area contributed by atoms with E-state index < -0.39 is 0 Å². The average molecular weight is 188 g/mol. The average Bonchev–Trinajstić information content (AvgIpc) is 2.18. The van der Waals surface area contributed by atoms with Gasteiger partial charge in [0.25, 0.3) is 0 Å². The minimum atomic E-state index is 0.132. The van der Waals surface area contributed by atoms with Gasteiger partial charge in [0.15, 0.2) is 0 Å². The van der Waals surface area contributed by atoms with Crippen molar-refractivity contribution in [2.24, 2.45) is 5.73 Å². The Bertz CT molecular complexity index is 124. The molecule has 0 fully saturated rings. The quantitative estimate of drug-likeness (QED) is 0.650. The summed E-state index contributed by atoms with van der Waals surface area (Å²) in [5.41, 5.74) is 5.92. The maximum Gasteiger partial charge on any atom is 0.0589 e. The molecule has 3 nitrogen and oxygen atoms in total. The summed E-state index contributed by atoms with van der Waals surface area (Å²) in [6.07, 6.45) is 1.08. The van der Waals surface area contributed by atoms with Crippen LogP contribution < -0.4 is 5.73 Å². The first-order chi connectivity index (χ1) is 6.14. The Morgan fingerprint density at radius 2 is 2.00 bits per heavy atom. The van der Waals surface area contributed by atoms with Crippen molar-refractivity contribution in [2.75, 3.05) is 33.4 Å². The Hall–Kier alpha value is -0.120. The van der Waals surface area contributed by atoms with Crippen LogP contribution in [0, 0.1) is 0 Å². The summed E-state index contributed by atoms with van der Waals surface area (Å²) in [5.74, 6) is 0. The van der Waals surface area contributed by atoms with E-state index in [4.69, 9.17) is 10.5 Å². The lowest BCUT2D eigenvalue weighted by Crippen LogP contribution is -2.52. The second-order valence-electron chi connectivity index (χ2n) is 3.63. The molecule has 80 valence electrons. The third kappa shape index (κ3) is 3.63. The van der Waals surface area contributed by atoms with Crippen LogP contribution in [0.25, 0.3) is 0 Å². The highest BCUT2D eigenvalue weighted by Gasteiger charge is 2.26. The lowest BCUT2D eigenvalue weighted by molar-refractivity contribution is 0.0729. The van der Waals surface area contributed by atoms with Crippen LogP contribution in [0.1, 0.15) is 27.2 Å². The maximum absolute atomic E-state index is 5.78. The molecule has 0 saturated heterocycles. The molecule has 1 atom stereocenters. The van der Waals surface area contributed by atoms with E-state index in [9.17, 15) is 0 Å². The highest BCUT2D eigenvalue weighted by Crippen LogP contribution is 2.16. The van der Waals surface area contributed by atoms with Crippen molar-refractivity contribution in [1.82, 2.24) is 4.90 Å². The van der Waals surface area contributed by atoms with Gasteiger partial charge in [-0.1, -0.05) is 13.8 Å². The van der Waals surface area contributed by atoms with Crippen LogP contribution in [0.5, 0.6) is 0 Å². The number of nitrogens with two attached hydrogens (primary N) is 1. The molecule has 0 radical (unpaired) electrons. The first kappa shape index (κ1) is 12.9. The Balaban J connectivity index is 4.16. The van der Waals surface area contributed by atoms with Crippen LogP contribution in [0.15, 0.2) is 0 Å². The number of methoxy groups -OCH3 is 1. The fraction of sp³-hybridized carbons (Fsp3) is 1.00. The number of rotatable bonds is 7. The topological polar surface area (TPSA) is 38.5 Å². The first-order valence-corrected chi connectivity index (χ1v) is 5.08. The second-order valence-corrected chi connectivity index (χ2v) is 3.63. The van der Waals surface area contributed by atoms with E-state index in [0.29, 0.717) is 6.54 Å². The van der Waals surface area contributed by atoms with Crippen molar-refractivity contribution in [3.63, 3.8) is 0 Å². The Labute approximate surface area is 82.2 Å². The van der Waals surface area contributed by atoms with Crippen LogP contribution in [0.3, 0.4) is 0 Å². The van der Waals surface area contributed by atoms with Crippen molar-refractivity contribution in [3.8, 4) is 0 Å². The summed E-state index contributed by atoms with van der Waals surface area (Å²) in [5, 5.41) is 0. The second kappa shape index (κ2) is 6.35. The largest absolute Gasteiger partial charge is 0.383 e. The molecule has 3 heteroatoms. The maximum atomic E-state index is 5.78. The van der Waals surface area contributed by atoms with Gasteiger partial charge in [-0.3, -0.25) is 4.90 Å². The van der Waals surface area contributed by atoms with Crippen LogP contribution in [0.2, 0.25) is 0 Å². The molecule has 0 spiro atoms. The van der Waals surface area contributed by atoms with Gasteiger partial charge in [-0.15, -0.1) is 0 Å². The number of nitrogens with zero attached hydrogens (tertiary/aromatic N) is 1. The van der Waals surface area contributed by atoms with Gasteiger partial charge in [0.05, 0.1) is 6.61 Å². The third-order valence-corrected chi connectivity index (χ3v) is 2.91. The van der Waals surface area contributed by atoms with Crippen molar-refractivity contribution in [1.29, 1.82) is 0 Å². The predicted molar refractivity (Wildman–Crippen MR) is 56.9 cm³/mol. The fourth-order valence-electron chi connectivity index (χ4n) is 1.51. The zero-order valence-corrected chi connectivity index (χ0v) is 9.47. The van der Waals surface area contributed by atoms with Crippen molar-refractivity contribution in [3.05, 3.63) is 0 Å². The summed E-state index contributed by atoms with van der Waals surface area (Å²) in [6, 6.07) is 0. The van der Waals surface area contributed by atoms with Crippen LogP contribution in [-0.4, -0.2) is 43.8 Å². The number of hydrogen-bond donors (Lipinski definition) is 1. The Morgan fingerprint density at radius 1 is 1.38 bits per heavy atom. The summed E-state index contributed by atoms with van der Waals surface area (Å²) >= 11 is 0. The predicted octanol–water partition coefficient (Wildman–Crippen LogP) is 1.08. The Kier molecular flexibility index (Phi) is 6.29. The molecular formula is C10H24N2O. The van der Waals surface area contributed by atoms with Crippen molar-refractivity contribution >= 4 is 0 Å². The minimum Gasteiger partial charge on any atom is -0.383 e. The van der Waals surface area contributed by atoms with Gasteiger partial charge >= 0.3 is 0 Å². The minimum absolute atomic E-state index is 0.132. The molecule has 0 rings (SSSR count). The van der Waals surface area contributed by atoms with Gasteiger partial charge in [-0.25, -0.2) is 0 Å². The molecular weight excluding hydrogens is 164 g/mol. The smallest absolute Gasteiger partial charge is 0.0589 e. The van der Waals surface area contributed by atoms with Crippen molar-refractivity contribution in [2.45, 2.75) is 32.7 Å².